The third kappa shape index (κ3) is 2.21. The van der Waals surface area contributed by atoms with Crippen LogP contribution in [0.4, 0.5) is 5.69 Å². The van der Waals surface area contributed by atoms with Gasteiger partial charge in [0.2, 0.25) is 0 Å². The van der Waals surface area contributed by atoms with Crippen LogP contribution in [0.3, 0.4) is 0 Å². The molecular weight excluding hydrogens is 342 g/mol. The van der Waals surface area contributed by atoms with Gasteiger partial charge in [0.1, 0.15) is 29.1 Å². The van der Waals surface area contributed by atoms with Crippen molar-refractivity contribution in [2.24, 2.45) is 0 Å². The lowest BCUT2D eigenvalue weighted by atomic mass is 10.1. The molecular formula is C15H15N7O2S. The van der Waals surface area contributed by atoms with Gasteiger partial charge in [-0.05, 0) is 33.3 Å². The first kappa shape index (κ1) is 15.6. The standard InChI is InChI=1S/C15H15N7O2S/c1-8-9(2)25-13-11(8)12-18-14(19-20(12)7-16-13)15(3,4)21-6-10(5-17-21)22(23)24/h5-7H,1-4H3. The summed E-state index contributed by atoms with van der Waals surface area (Å²) in [5.41, 5.74) is 1.07. The zero-order chi connectivity index (χ0) is 17.9. The molecule has 0 aromatic carbocycles. The fourth-order valence-corrected chi connectivity index (χ4v) is 3.71. The Kier molecular flexibility index (Phi) is 3.16. The van der Waals surface area contributed by atoms with Gasteiger partial charge in [0.15, 0.2) is 11.5 Å². The molecule has 0 unspecified atom stereocenters. The first-order valence-electron chi connectivity index (χ1n) is 7.60. The molecule has 4 aromatic rings. The summed E-state index contributed by atoms with van der Waals surface area (Å²) in [6.45, 7) is 7.85. The Hall–Kier alpha value is -2.88. The zero-order valence-corrected chi connectivity index (χ0v) is 14.9. The van der Waals surface area contributed by atoms with Gasteiger partial charge in [0.05, 0.1) is 10.3 Å². The summed E-state index contributed by atoms with van der Waals surface area (Å²) in [5, 5.41) is 20.6. The topological polar surface area (TPSA) is 104 Å². The quantitative estimate of drug-likeness (QED) is 0.412. The van der Waals surface area contributed by atoms with E-state index in [1.807, 2.05) is 20.8 Å². The van der Waals surface area contributed by atoms with Gasteiger partial charge in [-0.25, -0.2) is 14.5 Å². The van der Waals surface area contributed by atoms with Crippen LogP contribution in [0.2, 0.25) is 0 Å². The molecule has 0 amide bonds. The van der Waals surface area contributed by atoms with E-state index in [0.29, 0.717) is 5.82 Å². The van der Waals surface area contributed by atoms with E-state index in [1.165, 1.54) is 22.0 Å². The zero-order valence-electron chi connectivity index (χ0n) is 14.1. The van der Waals surface area contributed by atoms with Crippen LogP contribution in [0.15, 0.2) is 18.7 Å². The van der Waals surface area contributed by atoms with Crippen molar-refractivity contribution >= 4 is 32.9 Å². The highest BCUT2D eigenvalue weighted by molar-refractivity contribution is 7.18. The smallest absolute Gasteiger partial charge is 0.258 e. The Morgan fingerprint density at radius 3 is 2.76 bits per heavy atom. The summed E-state index contributed by atoms with van der Waals surface area (Å²) in [4.78, 5) is 21.7. The van der Waals surface area contributed by atoms with E-state index in [2.05, 4.69) is 22.1 Å². The minimum Gasteiger partial charge on any atom is -0.258 e. The highest BCUT2D eigenvalue weighted by Gasteiger charge is 2.31. The van der Waals surface area contributed by atoms with Crippen molar-refractivity contribution in [1.29, 1.82) is 0 Å². The van der Waals surface area contributed by atoms with Gasteiger partial charge in [-0.15, -0.1) is 16.4 Å². The highest BCUT2D eigenvalue weighted by atomic mass is 32.1. The van der Waals surface area contributed by atoms with E-state index in [1.54, 1.807) is 22.2 Å². The van der Waals surface area contributed by atoms with E-state index < -0.39 is 10.5 Å². The lowest BCUT2D eigenvalue weighted by molar-refractivity contribution is -0.385. The molecule has 0 atom stereocenters. The van der Waals surface area contributed by atoms with Crippen molar-refractivity contribution in [2.75, 3.05) is 0 Å². The van der Waals surface area contributed by atoms with E-state index in [9.17, 15) is 10.1 Å². The van der Waals surface area contributed by atoms with E-state index >= 15 is 0 Å². The Bertz CT molecular complexity index is 1140. The monoisotopic (exact) mass is 357 g/mol. The normalized spacial score (nSPS) is 12.3. The molecule has 0 bridgehead atoms. The van der Waals surface area contributed by atoms with Crippen LogP contribution >= 0.6 is 11.3 Å². The molecule has 0 saturated carbocycles. The molecule has 0 fully saturated rings. The average Bonchev–Trinajstić information content (AvgIpc) is 3.25. The van der Waals surface area contributed by atoms with Crippen LogP contribution in [0, 0.1) is 24.0 Å². The van der Waals surface area contributed by atoms with E-state index in [4.69, 9.17) is 4.98 Å². The second-order valence-corrected chi connectivity index (χ2v) is 7.57. The number of hydrogen-bond acceptors (Lipinski definition) is 7. The summed E-state index contributed by atoms with van der Waals surface area (Å²) in [6.07, 6.45) is 4.26. The maximum absolute atomic E-state index is 10.9. The number of hydrogen-bond donors (Lipinski definition) is 0. The molecule has 128 valence electrons. The summed E-state index contributed by atoms with van der Waals surface area (Å²) in [5.74, 6) is 0.517. The molecule has 0 spiro atoms. The predicted molar refractivity (Wildman–Crippen MR) is 92.9 cm³/mol. The Labute approximate surface area is 146 Å². The van der Waals surface area contributed by atoms with E-state index in [-0.39, 0.29) is 5.69 Å². The summed E-state index contributed by atoms with van der Waals surface area (Å²) >= 11 is 1.63. The third-order valence-electron chi connectivity index (χ3n) is 4.41. The molecule has 10 heteroatoms. The highest BCUT2D eigenvalue weighted by Crippen LogP contribution is 2.32. The van der Waals surface area contributed by atoms with Crippen molar-refractivity contribution in [2.45, 2.75) is 33.2 Å². The van der Waals surface area contributed by atoms with Crippen LogP contribution in [0.1, 0.15) is 30.1 Å². The van der Waals surface area contributed by atoms with Crippen LogP contribution < -0.4 is 0 Å². The molecule has 4 heterocycles. The minimum absolute atomic E-state index is 0.0646. The number of fused-ring (bicyclic) bond motifs is 3. The van der Waals surface area contributed by atoms with Crippen molar-refractivity contribution in [1.82, 2.24) is 29.4 Å². The first-order chi connectivity index (χ1) is 11.8. The number of rotatable bonds is 3. The van der Waals surface area contributed by atoms with Gasteiger partial charge < -0.3 is 0 Å². The average molecular weight is 357 g/mol. The minimum atomic E-state index is -0.744. The Balaban J connectivity index is 1.90. The largest absolute Gasteiger partial charge is 0.307 e. The van der Waals surface area contributed by atoms with Crippen molar-refractivity contribution in [3.05, 3.63) is 45.1 Å². The summed E-state index contributed by atoms with van der Waals surface area (Å²) < 4.78 is 3.16. The summed E-state index contributed by atoms with van der Waals surface area (Å²) in [7, 11) is 0. The van der Waals surface area contributed by atoms with Crippen molar-refractivity contribution in [3.8, 4) is 0 Å². The molecule has 4 rings (SSSR count). The van der Waals surface area contributed by atoms with Gasteiger partial charge in [-0.2, -0.15) is 5.10 Å². The SMILES string of the molecule is Cc1sc2ncn3nc(C(C)(C)n4cc([N+](=O)[O-])cn4)nc3c2c1C. The fraction of sp³-hybridized carbons (Fsp3) is 0.333. The van der Waals surface area contributed by atoms with Gasteiger partial charge in [-0.1, -0.05) is 0 Å². The molecule has 9 nitrogen and oxygen atoms in total. The molecule has 25 heavy (non-hydrogen) atoms. The van der Waals surface area contributed by atoms with Crippen LogP contribution in [-0.2, 0) is 5.54 Å². The van der Waals surface area contributed by atoms with Crippen LogP contribution in [-0.4, -0.2) is 34.3 Å². The number of thiophene rings is 1. The van der Waals surface area contributed by atoms with E-state index in [0.717, 1.165) is 21.4 Å². The molecule has 0 N–H and O–H groups in total. The van der Waals surface area contributed by atoms with Crippen molar-refractivity contribution < 1.29 is 4.92 Å². The van der Waals surface area contributed by atoms with Gasteiger partial charge >= 0.3 is 5.69 Å². The van der Waals surface area contributed by atoms with Gasteiger partial charge in [0.25, 0.3) is 0 Å². The van der Waals surface area contributed by atoms with Gasteiger partial charge in [-0.3, -0.25) is 14.8 Å². The lowest BCUT2D eigenvalue weighted by Gasteiger charge is -2.20. The molecule has 0 saturated heterocycles. The molecule has 0 radical (unpaired) electrons. The molecule has 0 aliphatic rings. The number of aromatic nitrogens is 6. The first-order valence-corrected chi connectivity index (χ1v) is 8.42. The van der Waals surface area contributed by atoms with Crippen molar-refractivity contribution in [3.63, 3.8) is 0 Å². The Morgan fingerprint density at radius 1 is 1.32 bits per heavy atom. The maximum atomic E-state index is 10.9. The number of nitro groups is 1. The van der Waals surface area contributed by atoms with Crippen LogP contribution in [0.5, 0.6) is 0 Å². The number of aryl methyl sites for hydroxylation is 2. The second kappa shape index (κ2) is 5.06. The third-order valence-corrected chi connectivity index (χ3v) is 5.52. The Morgan fingerprint density at radius 2 is 2.08 bits per heavy atom. The molecule has 4 aromatic heterocycles. The second-order valence-electron chi connectivity index (χ2n) is 6.37. The lowest BCUT2D eigenvalue weighted by Crippen LogP contribution is -2.29. The maximum Gasteiger partial charge on any atom is 0.307 e. The summed E-state index contributed by atoms with van der Waals surface area (Å²) in [6, 6.07) is 0. The number of nitrogens with zero attached hydrogens (tertiary/aromatic N) is 7. The molecule has 0 aliphatic heterocycles. The van der Waals surface area contributed by atoms with Crippen LogP contribution in [0.25, 0.3) is 15.9 Å². The molecule has 0 aliphatic carbocycles. The fourth-order valence-electron chi connectivity index (χ4n) is 2.72. The predicted octanol–water partition coefficient (Wildman–Crippen LogP) is 2.84. The van der Waals surface area contributed by atoms with Gasteiger partial charge in [0, 0.05) is 4.88 Å².